The summed E-state index contributed by atoms with van der Waals surface area (Å²) in [5, 5.41) is 4.87. The molecule has 3 heteroatoms. The third-order valence-corrected chi connectivity index (χ3v) is 5.03. The largest absolute Gasteiger partial charge is 0.305 e. The molecule has 1 atom stereocenters. The molecule has 0 fully saturated rings. The fourth-order valence-electron chi connectivity index (χ4n) is 2.26. The summed E-state index contributed by atoms with van der Waals surface area (Å²) in [6.07, 6.45) is 3.11. The molecule has 1 unspecified atom stereocenters. The maximum absolute atomic E-state index is 4.55. The number of aromatic nitrogens is 1. The highest BCUT2D eigenvalue weighted by atomic mass is 32.1. The average Bonchev–Trinajstić information content (AvgIpc) is 2.90. The van der Waals surface area contributed by atoms with E-state index in [2.05, 4.69) is 69.2 Å². The Bertz CT molecular complexity index is 564. The van der Waals surface area contributed by atoms with Gasteiger partial charge in [0.05, 0.1) is 5.01 Å². The molecule has 114 valence electrons. The smallest absolute Gasteiger partial charge is 0.0981 e. The van der Waals surface area contributed by atoms with Gasteiger partial charge >= 0.3 is 0 Å². The van der Waals surface area contributed by atoms with Crippen molar-refractivity contribution in [3.05, 3.63) is 51.5 Å². The number of nitrogens with zero attached hydrogens (tertiary/aromatic N) is 1. The van der Waals surface area contributed by atoms with Crippen LogP contribution in [0.15, 0.2) is 30.5 Å². The number of benzene rings is 1. The molecule has 0 aliphatic carbocycles. The lowest BCUT2D eigenvalue weighted by Gasteiger charge is -2.17. The van der Waals surface area contributed by atoms with Crippen molar-refractivity contribution in [3.8, 4) is 0 Å². The van der Waals surface area contributed by atoms with Crippen molar-refractivity contribution in [2.75, 3.05) is 0 Å². The van der Waals surface area contributed by atoms with Crippen LogP contribution in [0.5, 0.6) is 0 Å². The molecule has 1 aromatic carbocycles. The molecule has 0 spiro atoms. The van der Waals surface area contributed by atoms with Crippen LogP contribution >= 0.6 is 11.3 Å². The van der Waals surface area contributed by atoms with Crippen molar-refractivity contribution in [1.29, 1.82) is 0 Å². The van der Waals surface area contributed by atoms with Crippen LogP contribution < -0.4 is 5.32 Å². The average molecular weight is 302 g/mol. The molecular weight excluding hydrogens is 276 g/mol. The van der Waals surface area contributed by atoms with Gasteiger partial charge in [-0.2, -0.15) is 0 Å². The van der Waals surface area contributed by atoms with Gasteiger partial charge in [-0.25, -0.2) is 4.98 Å². The fraction of sp³-hybridized carbons (Fsp3) is 0.500. The summed E-state index contributed by atoms with van der Waals surface area (Å²) in [6, 6.07) is 9.23. The number of hydrogen-bond acceptors (Lipinski definition) is 3. The van der Waals surface area contributed by atoms with Crippen molar-refractivity contribution < 1.29 is 0 Å². The van der Waals surface area contributed by atoms with Gasteiger partial charge in [0.25, 0.3) is 0 Å². The lowest BCUT2D eigenvalue weighted by atomic mass is 9.98. The number of aryl methyl sites for hydroxylation is 1. The molecule has 0 saturated heterocycles. The Morgan fingerprint density at radius 1 is 1.19 bits per heavy atom. The fourth-order valence-corrected chi connectivity index (χ4v) is 3.18. The van der Waals surface area contributed by atoms with Crippen LogP contribution in [-0.2, 0) is 12.0 Å². The minimum atomic E-state index is 0.143. The SMILES string of the molecule is CCC(NCc1cnc(C(C)(C)C)s1)c1ccc(C)cc1. The van der Waals surface area contributed by atoms with Gasteiger partial charge in [0, 0.05) is 29.1 Å². The number of rotatable bonds is 5. The van der Waals surface area contributed by atoms with E-state index < -0.39 is 0 Å². The standard InChI is InChI=1S/C18H26N2S/c1-6-16(14-9-7-13(2)8-10-14)19-11-15-12-20-17(21-15)18(3,4)5/h7-10,12,16,19H,6,11H2,1-5H3. The predicted octanol–water partition coefficient (Wildman–Crippen LogP) is 4.99. The summed E-state index contributed by atoms with van der Waals surface area (Å²) >= 11 is 1.82. The molecule has 21 heavy (non-hydrogen) atoms. The predicted molar refractivity (Wildman–Crippen MR) is 91.9 cm³/mol. The lowest BCUT2D eigenvalue weighted by Crippen LogP contribution is -2.19. The van der Waals surface area contributed by atoms with Gasteiger partial charge in [-0.3, -0.25) is 0 Å². The van der Waals surface area contributed by atoms with Crippen molar-refractivity contribution >= 4 is 11.3 Å². The van der Waals surface area contributed by atoms with E-state index in [9.17, 15) is 0 Å². The maximum Gasteiger partial charge on any atom is 0.0981 e. The Labute approximate surface area is 132 Å². The van der Waals surface area contributed by atoms with Crippen molar-refractivity contribution in [3.63, 3.8) is 0 Å². The van der Waals surface area contributed by atoms with E-state index in [0.29, 0.717) is 6.04 Å². The monoisotopic (exact) mass is 302 g/mol. The first kappa shape index (κ1) is 16.2. The maximum atomic E-state index is 4.55. The molecule has 2 nitrogen and oxygen atoms in total. The molecule has 0 radical (unpaired) electrons. The molecule has 2 aromatic rings. The summed E-state index contributed by atoms with van der Waals surface area (Å²) in [7, 11) is 0. The molecule has 1 aromatic heterocycles. The second-order valence-electron chi connectivity index (χ2n) is 6.63. The third kappa shape index (κ3) is 4.39. The zero-order chi connectivity index (χ0) is 15.5. The Kier molecular flexibility index (Phi) is 5.17. The summed E-state index contributed by atoms with van der Waals surface area (Å²) < 4.78 is 0. The van der Waals surface area contributed by atoms with E-state index in [1.807, 2.05) is 17.5 Å². The first-order valence-corrected chi connectivity index (χ1v) is 8.47. The molecule has 0 aliphatic rings. The Morgan fingerprint density at radius 3 is 2.38 bits per heavy atom. The van der Waals surface area contributed by atoms with Gasteiger partial charge in [0.1, 0.15) is 0 Å². The number of hydrogen-bond donors (Lipinski definition) is 1. The van der Waals surface area contributed by atoms with E-state index >= 15 is 0 Å². The van der Waals surface area contributed by atoms with Crippen LogP contribution in [0.2, 0.25) is 0 Å². The minimum Gasteiger partial charge on any atom is -0.305 e. The molecule has 0 bridgehead atoms. The van der Waals surface area contributed by atoms with Crippen molar-refractivity contribution in [2.45, 2.75) is 59.0 Å². The highest BCUT2D eigenvalue weighted by Gasteiger charge is 2.18. The van der Waals surface area contributed by atoms with Crippen LogP contribution in [0, 0.1) is 6.92 Å². The van der Waals surface area contributed by atoms with E-state index in [-0.39, 0.29) is 5.41 Å². The highest BCUT2D eigenvalue weighted by Crippen LogP contribution is 2.27. The van der Waals surface area contributed by atoms with Crippen LogP contribution in [-0.4, -0.2) is 4.98 Å². The van der Waals surface area contributed by atoms with Gasteiger partial charge in [-0.15, -0.1) is 11.3 Å². The number of nitrogens with one attached hydrogen (secondary N) is 1. The molecule has 1 N–H and O–H groups in total. The first-order valence-electron chi connectivity index (χ1n) is 7.65. The van der Waals surface area contributed by atoms with E-state index in [4.69, 9.17) is 0 Å². The molecule has 0 aliphatic heterocycles. The van der Waals surface area contributed by atoms with Crippen LogP contribution in [0.4, 0.5) is 0 Å². The quantitative estimate of drug-likeness (QED) is 0.841. The van der Waals surface area contributed by atoms with Gasteiger partial charge in [0.15, 0.2) is 0 Å². The topological polar surface area (TPSA) is 24.9 Å². The second kappa shape index (κ2) is 6.71. The van der Waals surface area contributed by atoms with Crippen molar-refractivity contribution in [1.82, 2.24) is 10.3 Å². The Morgan fingerprint density at radius 2 is 1.86 bits per heavy atom. The highest BCUT2D eigenvalue weighted by molar-refractivity contribution is 7.11. The lowest BCUT2D eigenvalue weighted by molar-refractivity contribution is 0.521. The Hall–Kier alpha value is -1.19. The molecular formula is C18H26N2S. The molecule has 0 saturated carbocycles. The summed E-state index contributed by atoms with van der Waals surface area (Å²) in [5.41, 5.74) is 2.82. The van der Waals surface area contributed by atoms with Gasteiger partial charge in [-0.05, 0) is 18.9 Å². The number of thiazole rings is 1. The first-order chi connectivity index (χ1) is 9.90. The van der Waals surface area contributed by atoms with Crippen LogP contribution in [0.25, 0.3) is 0 Å². The second-order valence-corrected chi connectivity index (χ2v) is 7.75. The van der Waals surface area contributed by atoms with Crippen LogP contribution in [0.1, 0.15) is 61.2 Å². The zero-order valence-electron chi connectivity index (χ0n) is 13.7. The third-order valence-electron chi connectivity index (χ3n) is 3.61. The summed E-state index contributed by atoms with van der Waals surface area (Å²) in [4.78, 5) is 5.86. The van der Waals surface area contributed by atoms with Gasteiger partial charge < -0.3 is 5.32 Å². The van der Waals surface area contributed by atoms with E-state index in [0.717, 1.165) is 13.0 Å². The van der Waals surface area contributed by atoms with E-state index in [1.165, 1.54) is 21.0 Å². The Balaban J connectivity index is 2.00. The summed E-state index contributed by atoms with van der Waals surface area (Å²) in [5.74, 6) is 0. The summed E-state index contributed by atoms with van der Waals surface area (Å²) in [6.45, 7) is 11.9. The normalized spacial score (nSPS) is 13.4. The van der Waals surface area contributed by atoms with Crippen molar-refractivity contribution in [2.24, 2.45) is 0 Å². The molecule has 1 heterocycles. The van der Waals surface area contributed by atoms with Gasteiger partial charge in [0.2, 0.25) is 0 Å². The van der Waals surface area contributed by atoms with Crippen LogP contribution in [0.3, 0.4) is 0 Å². The molecule has 0 amide bonds. The van der Waals surface area contributed by atoms with E-state index in [1.54, 1.807) is 0 Å². The minimum absolute atomic E-state index is 0.143. The molecule has 2 rings (SSSR count). The zero-order valence-corrected chi connectivity index (χ0v) is 14.6. The van der Waals surface area contributed by atoms with Gasteiger partial charge in [-0.1, -0.05) is 57.5 Å².